The highest BCUT2D eigenvalue weighted by Crippen LogP contribution is 2.35. The average molecular weight is 221 g/mol. The van der Waals surface area contributed by atoms with Crippen LogP contribution < -0.4 is 9.64 Å². The number of carbonyl (C=O) groups is 1. The average Bonchev–Trinajstić information content (AvgIpc) is 2.25. The Bertz CT molecular complexity index is 405. The predicted molar refractivity (Wildman–Crippen MR) is 61.0 cm³/mol. The second-order valence-electron chi connectivity index (χ2n) is 4.07. The van der Waals surface area contributed by atoms with Gasteiger partial charge in [-0.15, -0.1) is 0 Å². The summed E-state index contributed by atoms with van der Waals surface area (Å²) in [6, 6.07) is 7.74. The number of ether oxygens (including phenoxy) is 1. The van der Waals surface area contributed by atoms with Crippen LogP contribution in [-0.4, -0.2) is 30.3 Å². The van der Waals surface area contributed by atoms with E-state index in [4.69, 9.17) is 9.84 Å². The Hall–Kier alpha value is -1.71. The molecule has 0 amide bonds. The monoisotopic (exact) mass is 221 g/mol. The summed E-state index contributed by atoms with van der Waals surface area (Å²) in [6.07, 6.45) is -0.266. The molecule has 4 nitrogen and oxygen atoms in total. The molecule has 0 saturated carbocycles. The summed E-state index contributed by atoms with van der Waals surface area (Å²) in [5.74, 6) is -0.0704. The number of hydrogen-bond donors (Lipinski definition) is 1. The van der Waals surface area contributed by atoms with E-state index in [1.54, 1.807) is 0 Å². The van der Waals surface area contributed by atoms with Crippen LogP contribution in [-0.2, 0) is 4.79 Å². The molecule has 0 bridgehead atoms. The number of carboxylic acids is 1. The van der Waals surface area contributed by atoms with Gasteiger partial charge in [0.2, 0.25) is 0 Å². The molecule has 2 rings (SSSR count). The van der Waals surface area contributed by atoms with Crippen molar-refractivity contribution in [1.82, 2.24) is 0 Å². The molecule has 1 heterocycles. The summed E-state index contributed by atoms with van der Waals surface area (Å²) in [6.45, 7) is 1.98. The van der Waals surface area contributed by atoms with Gasteiger partial charge >= 0.3 is 5.97 Å². The van der Waals surface area contributed by atoms with Crippen molar-refractivity contribution < 1.29 is 14.6 Å². The van der Waals surface area contributed by atoms with Crippen LogP contribution in [0.5, 0.6) is 5.75 Å². The molecule has 1 aromatic rings. The van der Waals surface area contributed by atoms with Gasteiger partial charge in [-0.25, -0.2) is 0 Å². The molecule has 1 aliphatic heterocycles. The van der Waals surface area contributed by atoms with E-state index in [1.165, 1.54) is 0 Å². The highest BCUT2D eigenvalue weighted by Gasteiger charge is 2.31. The Labute approximate surface area is 94.4 Å². The molecule has 0 saturated heterocycles. The summed E-state index contributed by atoms with van der Waals surface area (Å²) in [5, 5.41) is 8.82. The van der Waals surface area contributed by atoms with Crippen LogP contribution in [0.25, 0.3) is 0 Å². The third kappa shape index (κ3) is 1.83. The van der Waals surface area contributed by atoms with Gasteiger partial charge in [0.1, 0.15) is 11.9 Å². The maximum atomic E-state index is 10.7. The van der Waals surface area contributed by atoms with Crippen LogP contribution in [0, 0.1) is 0 Å². The summed E-state index contributed by atoms with van der Waals surface area (Å²) < 4.78 is 5.70. The number of rotatable bonds is 2. The molecule has 2 atom stereocenters. The fourth-order valence-corrected chi connectivity index (χ4v) is 1.96. The number of nitrogens with zero attached hydrogens (tertiary/aromatic N) is 1. The van der Waals surface area contributed by atoms with Gasteiger partial charge in [-0.1, -0.05) is 12.1 Å². The highest BCUT2D eigenvalue weighted by atomic mass is 16.5. The number of fused-ring (bicyclic) bond motifs is 1. The van der Waals surface area contributed by atoms with Crippen LogP contribution >= 0.6 is 0 Å². The number of para-hydroxylation sites is 2. The van der Waals surface area contributed by atoms with Gasteiger partial charge in [-0.05, 0) is 19.1 Å². The summed E-state index contributed by atoms with van der Waals surface area (Å²) in [5.41, 5.74) is 1.01. The zero-order valence-corrected chi connectivity index (χ0v) is 9.38. The molecule has 1 aromatic carbocycles. The molecule has 1 N–H and O–H groups in total. The van der Waals surface area contributed by atoms with E-state index >= 15 is 0 Å². The van der Waals surface area contributed by atoms with Crippen LogP contribution in [0.4, 0.5) is 5.69 Å². The Morgan fingerprint density at radius 3 is 2.88 bits per heavy atom. The second kappa shape index (κ2) is 4.04. The van der Waals surface area contributed by atoms with E-state index in [-0.39, 0.29) is 18.6 Å². The van der Waals surface area contributed by atoms with Gasteiger partial charge in [-0.2, -0.15) is 0 Å². The Morgan fingerprint density at radius 1 is 1.50 bits per heavy atom. The molecule has 86 valence electrons. The zero-order valence-electron chi connectivity index (χ0n) is 9.38. The Kier molecular flexibility index (Phi) is 2.73. The predicted octanol–water partition coefficient (Wildman–Crippen LogP) is 1.75. The van der Waals surface area contributed by atoms with Crippen molar-refractivity contribution in [3.63, 3.8) is 0 Å². The van der Waals surface area contributed by atoms with Crippen LogP contribution in [0.15, 0.2) is 24.3 Å². The van der Waals surface area contributed by atoms with Crippen molar-refractivity contribution in [2.45, 2.75) is 25.5 Å². The maximum Gasteiger partial charge on any atom is 0.307 e. The summed E-state index contributed by atoms with van der Waals surface area (Å²) in [7, 11) is 1.96. The van der Waals surface area contributed by atoms with Crippen molar-refractivity contribution in [2.75, 3.05) is 11.9 Å². The molecule has 16 heavy (non-hydrogen) atoms. The van der Waals surface area contributed by atoms with Crippen molar-refractivity contribution in [3.8, 4) is 5.75 Å². The first-order valence-electron chi connectivity index (χ1n) is 5.30. The van der Waals surface area contributed by atoms with Crippen molar-refractivity contribution in [2.24, 2.45) is 0 Å². The van der Waals surface area contributed by atoms with E-state index in [1.807, 2.05) is 38.2 Å². The lowest BCUT2D eigenvalue weighted by molar-refractivity contribution is -0.139. The Balaban J connectivity index is 2.28. The molecular formula is C12H15NO3. The van der Waals surface area contributed by atoms with Crippen molar-refractivity contribution >= 4 is 11.7 Å². The summed E-state index contributed by atoms with van der Waals surface area (Å²) >= 11 is 0. The molecule has 0 fully saturated rings. The molecule has 0 spiro atoms. The fourth-order valence-electron chi connectivity index (χ4n) is 1.96. The van der Waals surface area contributed by atoms with E-state index in [9.17, 15) is 4.79 Å². The quantitative estimate of drug-likeness (QED) is 0.826. The first kappa shape index (κ1) is 10.8. The number of hydrogen-bond acceptors (Lipinski definition) is 3. The zero-order chi connectivity index (χ0) is 11.7. The first-order chi connectivity index (χ1) is 7.59. The van der Waals surface area contributed by atoms with Crippen molar-refractivity contribution in [3.05, 3.63) is 24.3 Å². The smallest absolute Gasteiger partial charge is 0.307 e. The third-order valence-electron chi connectivity index (χ3n) is 3.05. The fraction of sp³-hybridized carbons (Fsp3) is 0.417. The molecule has 4 heteroatoms. The van der Waals surface area contributed by atoms with Crippen molar-refractivity contribution in [1.29, 1.82) is 0 Å². The molecular weight excluding hydrogens is 206 g/mol. The molecule has 0 radical (unpaired) electrons. The minimum absolute atomic E-state index is 0.0276. The number of benzene rings is 1. The van der Waals surface area contributed by atoms with Gasteiger partial charge in [0, 0.05) is 7.05 Å². The van der Waals surface area contributed by atoms with Crippen LogP contribution in [0.3, 0.4) is 0 Å². The lowest BCUT2D eigenvalue weighted by atomic mass is 10.0. The number of likely N-dealkylation sites (N-methyl/N-ethyl adjacent to an activating group) is 1. The lowest BCUT2D eigenvalue weighted by Crippen LogP contribution is -2.46. The van der Waals surface area contributed by atoms with E-state index in [2.05, 4.69) is 4.90 Å². The molecule has 1 aliphatic rings. The van der Waals surface area contributed by atoms with Crippen LogP contribution in [0.1, 0.15) is 13.3 Å². The molecule has 0 aromatic heterocycles. The second-order valence-corrected chi connectivity index (χ2v) is 4.07. The summed E-state index contributed by atoms with van der Waals surface area (Å²) in [4.78, 5) is 12.8. The van der Waals surface area contributed by atoms with Gasteiger partial charge in [0.25, 0.3) is 0 Å². The minimum atomic E-state index is -0.829. The number of aliphatic carboxylic acids is 1. The number of carboxylic acid groups (broad SMARTS) is 1. The van der Waals surface area contributed by atoms with Crippen LogP contribution in [0.2, 0.25) is 0 Å². The van der Waals surface area contributed by atoms with Gasteiger partial charge in [0.15, 0.2) is 0 Å². The van der Waals surface area contributed by atoms with Gasteiger partial charge in [0.05, 0.1) is 18.2 Å². The topological polar surface area (TPSA) is 49.8 Å². The standard InChI is InChI=1S/C12H15NO3/c1-8-11(7-12(14)15)16-10-6-4-3-5-9(10)13(8)2/h3-6,8,11H,7H2,1-2H3,(H,14,15). The molecule has 2 unspecified atom stereocenters. The first-order valence-corrected chi connectivity index (χ1v) is 5.30. The Morgan fingerprint density at radius 2 is 2.19 bits per heavy atom. The van der Waals surface area contributed by atoms with Gasteiger partial charge < -0.3 is 14.7 Å². The normalized spacial score (nSPS) is 23.5. The third-order valence-corrected chi connectivity index (χ3v) is 3.05. The molecule has 0 aliphatic carbocycles. The SMILES string of the molecule is CC1C(CC(=O)O)Oc2ccccc2N1C. The van der Waals surface area contributed by atoms with E-state index in [0.29, 0.717) is 0 Å². The highest BCUT2D eigenvalue weighted by molar-refractivity contribution is 5.69. The van der Waals surface area contributed by atoms with E-state index in [0.717, 1.165) is 11.4 Å². The van der Waals surface area contributed by atoms with Gasteiger partial charge in [-0.3, -0.25) is 4.79 Å². The largest absolute Gasteiger partial charge is 0.486 e. The minimum Gasteiger partial charge on any atom is -0.486 e. The van der Waals surface area contributed by atoms with E-state index < -0.39 is 5.97 Å². The maximum absolute atomic E-state index is 10.7. The number of anilines is 1. The lowest BCUT2D eigenvalue weighted by Gasteiger charge is -2.39.